The minimum Gasteiger partial charge on any atom is -0.294 e. The fourth-order valence-corrected chi connectivity index (χ4v) is 0.776. The number of hydrogen-bond donors (Lipinski definition) is 0. The molecule has 1 rings (SSSR count). The van der Waals surface area contributed by atoms with E-state index in [1.54, 1.807) is 31.6 Å². The molecule has 0 aliphatic heterocycles. The first-order chi connectivity index (χ1) is 5.24. The molecule has 0 aromatic carbocycles. The summed E-state index contributed by atoms with van der Waals surface area (Å²) in [5.74, 6) is 0.0383. The summed E-state index contributed by atoms with van der Waals surface area (Å²) in [6, 6.07) is 3.51. The van der Waals surface area contributed by atoms with Gasteiger partial charge in [-0.05, 0) is 13.0 Å². The van der Waals surface area contributed by atoms with Crippen molar-refractivity contribution in [2.75, 3.05) is 7.11 Å². The van der Waals surface area contributed by atoms with Crippen molar-refractivity contribution in [3.05, 3.63) is 30.1 Å². The van der Waals surface area contributed by atoms with Crippen LogP contribution in [0.4, 0.5) is 0 Å². The summed E-state index contributed by atoms with van der Waals surface area (Å²) in [6.07, 6.45) is 3.37. The number of hydrogen-bond acceptors (Lipinski definition) is 2. The maximum absolute atomic E-state index is 10.8. The lowest BCUT2D eigenvalue weighted by Gasteiger charge is -1.92. The Labute approximate surface area is 65.2 Å². The van der Waals surface area contributed by atoms with Crippen LogP contribution in [0.2, 0.25) is 0 Å². The van der Waals surface area contributed by atoms with Gasteiger partial charge in [0.05, 0.1) is 5.56 Å². The third-order valence-electron chi connectivity index (χ3n) is 1.39. The van der Waals surface area contributed by atoms with E-state index >= 15 is 0 Å². The molecule has 0 aliphatic carbocycles. The molecule has 1 aromatic heterocycles. The lowest BCUT2D eigenvalue weighted by Crippen LogP contribution is -2.40. The summed E-state index contributed by atoms with van der Waals surface area (Å²) in [6.45, 7) is 1.52. The third kappa shape index (κ3) is 1.77. The molecular weight excluding hydrogens is 142 g/mol. The van der Waals surface area contributed by atoms with Gasteiger partial charge in [-0.3, -0.25) is 9.63 Å². The second-order valence-electron chi connectivity index (χ2n) is 2.19. The molecule has 58 valence electrons. The van der Waals surface area contributed by atoms with Crippen molar-refractivity contribution < 1.29 is 14.4 Å². The Morgan fingerprint density at radius 1 is 1.64 bits per heavy atom. The molecule has 0 unspecified atom stereocenters. The van der Waals surface area contributed by atoms with Crippen LogP contribution in [0.25, 0.3) is 0 Å². The van der Waals surface area contributed by atoms with Gasteiger partial charge in [0.1, 0.15) is 7.11 Å². The molecule has 0 fully saturated rings. The van der Waals surface area contributed by atoms with Crippen molar-refractivity contribution in [2.24, 2.45) is 0 Å². The maximum atomic E-state index is 10.8. The SMILES string of the molecule is CO[n+]1cccc(C(C)=O)c1. The van der Waals surface area contributed by atoms with Crippen LogP contribution in [0, 0.1) is 0 Å². The summed E-state index contributed by atoms with van der Waals surface area (Å²) >= 11 is 0. The van der Waals surface area contributed by atoms with Crippen molar-refractivity contribution in [1.82, 2.24) is 0 Å². The van der Waals surface area contributed by atoms with Gasteiger partial charge in [-0.1, -0.05) is 0 Å². The van der Waals surface area contributed by atoms with E-state index in [9.17, 15) is 4.79 Å². The molecule has 0 radical (unpaired) electrons. The van der Waals surface area contributed by atoms with E-state index in [0.29, 0.717) is 5.56 Å². The fourth-order valence-electron chi connectivity index (χ4n) is 0.776. The molecule has 0 atom stereocenters. The predicted molar refractivity (Wildman–Crippen MR) is 39.1 cm³/mol. The van der Waals surface area contributed by atoms with Crippen molar-refractivity contribution >= 4 is 5.78 Å². The Kier molecular flexibility index (Phi) is 2.21. The maximum Gasteiger partial charge on any atom is 0.233 e. The zero-order chi connectivity index (χ0) is 8.27. The number of carbonyl (C=O) groups is 1. The van der Waals surface area contributed by atoms with E-state index in [1.165, 1.54) is 11.7 Å². The molecule has 0 saturated heterocycles. The summed E-state index contributed by atoms with van der Waals surface area (Å²) in [5.41, 5.74) is 0.648. The van der Waals surface area contributed by atoms with Crippen LogP contribution in [0.15, 0.2) is 24.5 Å². The number of aromatic nitrogens is 1. The van der Waals surface area contributed by atoms with Crippen molar-refractivity contribution in [3.63, 3.8) is 0 Å². The minimum absolute atomic E-state index is 0.0383. The minimum atomic E-state index is 0.0383. The molecule has 0 aliphatic rings. The number of Topliss-reactive ketones (excluding diaryl/α,β-unsaturated/α-hetero) is 1. The van der Waals surface area contributed by atoms with Crippen molar-refractivity contribution in [3.8, 4) is 0 Å². The Morgan fingerprint density at radius 2 is 2.36 bits per heavy atom. The lowest BCUT2D eigenvalue weighted by atomic mass is 10.2. The van der Waals surface area contributed by atoms with E-state index in [0.717, 1.165) is 0 Å². The van der Waals surface area contributed by atoms with Crippen LogP contribution >= 0.6 is 0 Å². The van der Waals surface area contributed by atoms with Gasteiger partial charge in [0.2, 0.25) is 12.4 Å². The lowest BCUT2D eigenvalue weighted by molar-refractivity contribution is -0.885. The van der Waals surface area contributed by atoms with Crippen molar-refractivity contribution in [1.29, 1.82) is 0 Å². The molecule has 3 nitrogen and oxygen atoms in total. The van der Waals surface area contributed by atoms with E-state index in [2.05, 4.69) is 0 Å². The van der Waals surface area contributed by atoms with Gasteiger partial charge in [-0.2, -0.15) is 0 Å². The van der Waals surface area contributed by atoms with Gasteiger partial charge in [0, 0.05) is 10.8 Å². The van der Waals surface area contributed by atoms with Gasteiger partial charge in [0.15, 0.2) is 5.78 Å². The van der Waals surface area contributed by atoms with Gasteiger partial charge >= 0.3 is 0 Å². The average molecular weight is 152 g/mol. The first-order valence-electron chi connectivity index (χ1n) is 3.31. The Bertz CT molecular complexity index is 271. The van der Waals surface area contributed by atoms with Crippen LogP contribution in [0.1, 0.15) is 17.3 Å². The average Bonchev–Trinajstić information content (AvgIpc) is 2.05. The number of pyridine rings is 1. The van der Waals surface area contributed by atoms with E-state index in [4.69, 9.17) is 4.84 Å². The number of rotatable bonds is 2. The second kappa shape index (κ2) is 3.14. The Balaban J connectivity index is 3.01. The summed E-state index contributed by atoms with van der Waals surface area (Å²) < 4.78 is 1.48. The molecule has 1 aromatic rings. The first kappa shape index (κ1) is 7.72. The van der Waals surface area contributed by atoms with Crippen molar-refractivity contribution in [2.45, 2.75) is 6.92 Å². The molecule has 0 N–H and O–H groups in total. The van der Waals surface area contributed by atoms with Gasteiger partial charge in [0.25, 0.3) is 0 Å². The summed E-state index contributed by atoms with van der Waals surface area (Å²) in [5, 5.41) is 0. The van der Waals surface area contributed by atoms with Crippen LogP contribution in [0.3, 0.4) is 0 Å². The molecule has 3 heteroatoms. The summed E-state index contributed by atoms with van der Waals surface area (Å²) in [4.78, 5) is 15.7. The largest absolute Gasteiger partial charge is 0.294 e. The van der Waals surface area contributed by atoms with E-state index in [-0.39, 0.29) is 5.78 Å². The molecule has 0 bridgehead atoms. The molecule has 1 heterocycles. The zero-order valence-corrected chi connectivity index (χ0v) is 6.57. The van der Waals surface area contributed by atoms with Crippen LogP contribution in [-0.4, -0.2) is 12.9 Å². The summed E-state index contributed by atoms with van der Waals surface area (Å²) in [7, 11) is 1.55. The number of nitrogens with zero attached hydrogens (tertiary/aromatic N) is 1. The van der Waals surface area contributed by atoms with Gasteiger partial charge in [-0.15, -0.1) is 0 Å². The Morgan fingerprint density at radius 3 is 2.91 bits per heavy atom. The van der Waals surface area contributed by atoms with Gasteiger partial charge < -0.3 is 0 Å². The number of ketones is 1. The topological polar surface area (TPSA) is 30.2 Å². The first-order valence-corrected chi connectivity index (χ1v) is 3.31. The third-order valence-corrected chi connectivity index (χ3v) is 1.39. The highest BCUT2D eigenvalue weighted by Gasteiger charge is 2.04. The van der Waals surface area contributed by atoms with Gasteiger partial charge in [-0.25, -0.2) is 0 Å². The fraction of sp³-hybridized carbons (Fsp3) is 0.250. The zero-order valence-electron chi connectivity index (χ0n) is 6.57. The molecule has 0 amide bonds. The Hall–Kier alpha value is -1.38. The van der Waals surface area contributed by atoms with Crippen LogP contribution in [-0.2, 0) is 0 Å². The van der Waals surface area contributed by atoms with E-state index < -0.39 is 0 Å². The smallest absolute Gasteiger partial charge is 0.233 e. The normalized spacial score (nSPS) is 9.27. The van der Waals surface area contributed by atoms with Crippen LogP contribution in [0.5, 0.6) is 0 Å². The molecular formula is C8H10NO2+. The molecule has 0 spiro atoms. The second-order valence-corrected chi connectivity index (χ2v) is 2.19. The molecule has 11 heavy (non-hydrogen) atoms. The molecule has 0 saturated carbocycles. The van der Waals surface area contributed by atoms with E-state index in [1.807, 2.05) is 0 Å². The monoisotopic (exact) mass is 152 g/mol. The number of carbonyl (C=O) groups excluding carboxylic acids is 1. The highest BCUT2D eigenvalue weighted by Crippen LogP contribution is 1.93. The predicted octanol–water partition coefficient (Wildman–Crippen LogP) is 0.235. The standard InChI is InChI=1S/C8H10NO2/c1-7(10)8-4-3-5-9(6-8)11-2/h3-6H,1-2H3/q+1. The highest BCUT2D eigenvalue weighted by molar-refractivity contribution is 5.93. The quantitative estimate of drug-likeness (QED) is 0.448. The highest BCUT2D eigenvalue weighted by atomic mass is 16.6. The van der Waals surface area contributed by atoms with Crippen LogP contribution < -0.4 is 9.57 Å².